The van der Waals surface area contributed by atoms with Gasteiger partial charge in [-0.2, -0.15) is 0 Å². The molecule has 0 radical (unpaired) electrons. The van der Waals surface area contributed by atoms with E-state index in [0.717, 1.165) is 0 Å². The van der Waals surface area contributed by atoms with Gasteiger partial charge in [-0.25, -0.2) is 4.39 Å². The summed E-state index contributed by atoms with van der Waals surface area (Å²) in [5.74, 6) is -0.612. The lowest BCUT2D eigenvalue weighted by atomic mass is 9.95. The lowest BCUT2D eigenvalue weighted by Gasteiger charge is -2.22. The van der Waals surface area contributed by atoms with Gasteiger partial charge in [0.15, 0.2) is 0 Å². The normalized spacial score (nSPS) is 11.1. The second kappa shape index (κ2) is 5.03. The van der Waals surface area contributed by atoms with Crippen LogP contribution in [0, 0.1) is 11.2 Å². The molecule has 0 bridgehead atoms. The van der Waals surface area contributed by atoms with Crippen molar-refractivity contribution in [1.29, 1.82) is 0 Å². The molecule has 1 aromatic carbocycles. The van der Waals surface area contributed by atoms with Gasteiger partial charge in [0.25, 0.3) is 0 Å². The van der Waals surface area contributed by atoms with Crippen molar-refractivity contribution in [3.63, 3.8) is 0 Å². The van der Waals surface area contributed by atoms with Gasteiger partial charge < -0.3 is 15.2 Å². The number of rotatable bonds is 4. The number of nitrogens with two attached hydrogens (primary N) is 1. The molecular weight excluding hydrogens is 225 g/mol. The van der Waals surface area contributed by atoms with Crippen molar-refractivity contribution < 1.29 is 18.7 Å². The van der Waals surface area contributed by atoms with Gasteiger partial charge in [0.05, 0.1) is 18.2 Å². The third-order valence-corrected chi connectivity index (χ3v) is 2.30. The Balaban J connectivity index is 2.73. The quantitative estimate of drug-likeness (QED) is 0.646. The Morgan fingerprint density at radius 1 is 1.47 bits per heavy atom. The van der Waals surface area contributed by atoms with Crippen LogP contribution in [0.1, 0.15) is 13.8 Å². The average molecular weight is 241 g/mol. The lowest BCUT2D eigenvalue weighted by Crippen LogP contribution is -2.32. The zero-order valence-corrected chi connectivity index (χ0v) is 10.1. The van der Waals surface area contributed by atoms with Crippen molar-refractivity contribution in [1.82, 2.24) is 0 Å². The maximum Gasteiger partial charge on any atom is 0.314 e. The molecule has 0 saturated heterocycles. The van der Waals surface area contributed by atoms with Gasteiger partial charge in [-0.15, -0.1) is 0 Å². The van der Waals surface area contributed by atoms with Crippen LogP contribution < -0.4 is 10.5 Å². The van der Waals surface area contributed by atoms with E-state index in [1.54, 1.807) is 13.8 Å². The van der Waals surface area contributed by atoms with E-state index < -0.39 is 17.2 Å². The number of hydrogen-bond acceptors (Lipinski definition) is 4. The minimum absolute atomic E-state index is 0.0628. The lowest BCUT2D eigenvalue weighted by molar-refractivity contribution is -0.152. The highest BCUT2D eigenvalue weighted by atomic mass is 19.1. The fourth-order valence-electron chi connectivity index (χ4n) is 1.23. The van der Waals surface area contributed by atoms with E-state index in [9.17, 15) is 9.18 Å². The van der Waals surface area contributed by atoms with E-state index in [1.165, 1.54) is 25.3 Å². The Labute approximate surface area is 99.5 Å². The van der Waals surface area contributed by atoms with Crippen LogP contribution in [0.15, 0.2) is 18.2 Å². The Hall–Kier alpha value is -1.78. The van der Waals surface area contributed by atoms with Crippen LogP contribution in [0.4, 0.5) is 10.1 Å². The highest BCUT2D eigenvalue weighted by Gasteiger charge is 2.30. The number of benzene rings is 1. The topological polar surface area (TPSA) is 61.5 Å². The molecule has 0 saturated carbocycles. The van der Waals surface area contributed by atoms with Crippen molar-refractivity contribution >= 4 is 11.7 Å². The average Bonchev–Trinajstić information content (AvgIpc) is 2.29. The van der Waals surface area contributed by atoms with Crippen molar-refractivity contribution in [2.75, 3.05) is 19.5 Å². The molecule has 0 unspecified atom stereocenters. The van der Waals surface area contributed by atoms with E-state index in [-0.39, 0.29) is 12.4 Å². The number of carbonyl (C=O) groups excluding carboxylic acids is 1. The van der Waals surface area contributed by atoms with Crippen molar-refractivity contribution in [2.24, 2.45) is 5.41 Å². The first kappa shape index (κ1) is 13.3. The molecule has 5 heteroatoms. The van der Waals surface area contributed by atoms with Gasteiger partial charge >= 0.3 is 5.97 Å². The third-order valence-electron chi connectivity index (χ3n) is 2.30. The molecule has 4 nitrogen and oxygen atoms in total. The van der Waals surface area contributed by atoms with Gasteiger partial charge in [-0.3, -0.25) is 4.79 Å². The SMILES string of the molecule is COC(=O)C(C)(C)COc1cc(F)ccc1N. The zero-order valence-electron chi connectivity index (χ0n) is 10.1. The molecule has 1 aromatic rings. The smallest absolute Gasteiger partial charge is 0.314 e. The number of ether oxygens (including phenoxy) is 2. The van der Waals surface area contributed by atoms with Gasteiger partial charge in [-0.1, -0.05) is 0 Å². The molecule has 17 heavy (non-hydrogen) atoms. The molecule has 2 N–H and O–H groups in total. The van der Waals surface area contributed by atoms with Crippen molar-refractivity contribution in [3.05, 3.63) is 24.0 Å². The van der Waals surface area contributed by atoms with Crippen LogP contribution in [0.2, 0.25) is 0 Å². The monoisotopic (exact) mass is 241 g/mol. The molecule has 0 aromatic heterocycles. The third kappa shape index (κ3) is 3.34. The van der Waals surface area contributed by atoms with Crippen LogP contribution in [-0.4, -0.2) is 19.7 Å². The summed E-state index contributed by atoms with van der Waals surface area (Å²) in [6, 6.07) is 3.84. The number of esters is 1. The van der Waals surface area contributed by atoms with Gasteiger partial charge in [0.1, 0.15) is 18.2 Å². The molecule has 0 aliphatic carbocycles. The fraction of sp³-hybridized carbons (Fsp3) is 0.417. The van der Waals surface area contributed by atoms with E-state index >= 15 is 0 Å². The zero-order chi connectivity index (χ0) is 13.1. The summed E-state index contributed by atoms with van der Waals surface area (Å²) in [4.78, 5) is 11.4. The minimum atomic E-state index is -0.812. The first-order valence-corrected chi connectivity index (χ1v) is 5.13. The maximum atomic E-state index is 13.0. The molecule has 0 spiro atoms. The van der Waals surface area contributed by atoms with Crippen LogP contribution in [0.5, 0.6) is 5.75 Å². The Morgan fingerprint density at radius 2 is 2.12 bits per heavy atom. The molecule has 0 heterocycles. The standard InChI is InChI=1S/C12H16FNO3/c1-12(2,11(15)16-3)7-17-10-6-8(13)4-5-9(10)14/h4-6H,7,14H2,1-3H3. The number of carbonyl (C=O) groups is 1. The Bertz CT molecular complexity index is 418. The Kier molecular flexibility index (Phi) is 3.93. The molecule has 0 atom stereocenters. The summed E-state index contributed by atoms with van der Waals surface area (Å²) in [5, 5.41) is 0. The van der Waals surface area contributed by atoms with E-state index in [0.29, 0.717) is 5.69 Å². The number of methoxy groups -OCH3 is 1. The van der Waals surface area contributed by atoms with Crippen LogP contribution in [-0.2, 0) is 9.53 Å². The highest BCUT2D eigenvalue weighted by molar-refractivity contribution is 5.76. The number of hydrogen-bond donors (Lipinski definition) is 1. The van der Waals surface area contributed by atoms with Crippen molar-refractivity contribution in [3.8, 4) is 5.75 Å². The summed E-state index contributed by atoms with van der Waals surface area (Å²) in [7, 11) is 1.31. The highest BCUT2D eigenvalue weighted by Crippen LogP contribution is 2.25. The number of halogens is 1. The number of anilines is 1. The summed E-state index contributed by atoms with van der Waals surface area (Å²) in [6.07, 6.45) is 0. The van der Waals surface area contributed by atoms with Gasteiger partial charge in [0, 0.05) is 6.07 Å². The van der Waals surface area contributed by atoms with Crippen LogP contribution in [0.3, 0.4) is 0 Å². The summed E-state index contributed by atoms with van der Waals surface area (Å²) >= 11 is 0. The van der Waals surface area contributed by atoms with Crippen LogP contribution in [0.25, 0.3) is 0 Å². The van der Waals surface area contributed by atoms with E-state index in [2.05, 4.69) is 4.74 Å². The molecule has 1 rings (SSSR count). The van der Waals surface area contributed by atoms with Gasteiger partial charge in [-0.05, 0) is 26.0 Å². The summed E-state index contributed by atoms with van der Waals surface area (Å²) < 4.78 is 22.9. The summed E-state index contributed by atoms with van der Waals surface area (Å²) in [6.45, 7) is 3.41. The van der Waals surface area contributed by atoms with E-state index in [1.807, 2.05) is 0 Å². The minimum Gasteiger partial charge on any atom is -0.490 e. The molecule has 94 valence electrons. The molecule has 0 aliphatic rings. The molecule has 0 fully saturated rings. The summed E-state index contributed by atoms with van der Waals surface area (Å²) in [5.41, 5.74) is 5.13. The Morgan fingerprint density at radius 3 is 2.71 bits per heavy atom. The van der Waals surface area contributed by atoms with E-state index in [4.69, 9.17) is 10.5 Å². The second-order valence-corrected chi connectivity index (χ2v) is 4.35. The molecule has 0 aliphatic heterocycles. The number of nitrogen functional groups attached to an aromatic ring is 1. The first-order valence-electron chi connectivity index (χ1n) is 5.13. The maximum absolute atomic E-state index is 13.0. The predicted molar refractivity (Wildman–Crippen MR) is 62.1 cm³/mol. The van der Waals surface area contributed by atoms with Crippen LogP contribution >= 0.6 is 0 Å². The molecular formula is C12H16FNO3. The van der Waals surface area contributed by atoms with Gasteiger partial charge in [0.2, 0.25) is 0 Å². The largest absolute Gasteiger partial charge is 0.490 e. The fourth-order valence-corrected chi connectivity index (χ4v) is 1.23. The first-order chi connectivity index (χ1) is 7.86. The van der Waals surface area contributed by atoms with Crippen molar-refractivity contribution in [2.45, 2.75) is 13.8 Å². The predicted octanol–water partition coefficient (Wildman–Crippen LogP) is 1.99. The molecule has 0 amide bonds. The second-order valence-electron chi connectivity index (χ2n) is 4.35.